The van der Waals surface area contributed by atoms with Gasteiger partial charge in [0.2, 0.25) is 5.91 Å². The summed E-state index contributed by atoms with van der Waals surface area (Å²) in [6.07, 6.45) is -0.446. The van der Waals surface area contributed by atoms with E-state index in [4.69, 9.17) is 14.2 Å². The third kappa shape index (κ3) is 10.7. The van der Waals surface area contributed by atoms with E-state index in [1.54, 1.807) is 7.11 Å². The van der Waals surface area contributed by atoms with Gasteiger partial charge in [0.15, 0.2) is 0 Å². The Morgan fingerprint density at radius 2 is 1.69 bits per heavy atom. The normalized spacial score (nSPS) is 10.8. The SMILES string of the molecule is COc1ccc(OCCNC(=O)CSCCNC(=O)OC(C)(C)C)cc1. The fourth-order valence-corrected chi connectivity index (χ4v) is 2.46. The molecular formula is C18H28N2O5S. The van der Waals surface area contributed by atoms with Crippen LogP contribution in [0.2, 0.25) is 0 Å². The summed E-state index contributed by atoms with van der Waals surface area (Å²) in [4.78, 5) is 23.1. The number of thioether (sulfide) groups is 1. The number of amides is 2. The quantitative estimate of drug-likeness (QED) is 0.603. The van der Waals surface area contributed by atoms with Gasteiger partial charge in [-0.15, -0.1) is 0 Å². The first kappa shape index (κ1) is 22.0. The molecule has 1 aromatic rings. The molecular weight excluding hydrogens is 356 g/mol. The molecule has 146 valence electrons. The maximum Gasteiger partial charge on any atom is 0.407 e. The van der Waals surface area contributed by atoms with Crippen molar-refractivity contribution in [3.63, 3.8) is 0 Å². The standard InChI is InChI=1S/C18H28N2O5S/c1-18(2,3)25-17(22)20-10-12-26-13-16(21)19-9-11-24-15-7-5-14(23-4)6-8-15/h5-8H,9-13H2,1-4H3,(H,19,21)(H,20,22). The van der Waals surface area contributed by atoms with Crippen LogP contribution in [0.4, 0.5) is 4.79 Å². The number of rotatable bonds is 10. The second-order valence-electron chi connectivity index (χ2n) is 6.36. The zero-order chi connectivity index (χ0) is 19.4. The van der Waals surface area contributed by atoms with E-state index < -0.39 is 11.7 Å². The maximum absolute atomic E-state index is 11.7. The van der Waals surface area contributed by atoms with Crippen LogP contribution >= 0.6 is 11.8 Å². The Balaban J connectivity index is 2.02. The van der Waals surface area contributed by atoms with Crippen molar-refractivity contribution in [3.8, 4) is 11.5 Å². The van der Waals surface area contributed by atoms with Crippen LogP contribution in [0.25, 0.3) is 0 Å². The number of hydrogen-bond acceptors (Lipinski definition) is 6. The Kier molecular flexibility index (Phi) is 9.72. The van der Waals surface area contributed by atoms with Gasteiger partial charge in [0.25, 0.3) is 0 Å². The van der Waals surface area contributed by atoms with Crippen LogP contribution < -0.4 is 20.1 Å². The molecule has 0 unspecified atom stereocenters. The Bertz CT molecular complexity index is 558. The first-order chi connectivity index (χ1) is 12.3. The topological polar surface area (TPSA) is 85.9 Å². The molecule has 0 aromatic heterocycles. The molecule has 1 rings (SSSR count). The molecule has 0 fully saturated rings. The Labute approximate surface area is 159 Å². The lowest BCUT2D eigenvalue weighted by Gasteiger charge is -2.19. The summed E-state index contributed by atoms with van der Waals surface area (Å²) in [5.74, 6) is 2.39. The van der Waals surface area contributed by atoms with Crippen LogP contribution in [0.15, 0.2) is 24.3 Å². The molecule has 0 saturated heterocycles. The van der Waals surface area contributed by atoms with E-state index in [2.05, 4.69) is 10.6 Å². The number of benzene rings is 1. The number of carbonyl (C=O) groups excluding carboxylic acids is 2. The van der Waals surface area contributed by atoms with Crippen molar-refractivity contribution in [2.75, 3.05) is 38.3 Å². The molecule has 0 aliphatic rings. The van der Waals surface area contributed by atoms with Gasteiger partial charge in [-0.2, -0.15) is 11.8 Å². The molecule has 0 radical (unpaired) electrons. The Hall–Kier alpha value is -2.09. The van der Waals surface area contributed by atoms with E-state index >= 15 is 0 Å². The monoisotopic (exact) mass is 384 g/mol. The lowest BCUT2D eigenvalue weighted by atomic mass is 10.2. The van der Waals surface area contributed by atoms with E-state index in [0.29, 0.717) is 31.2 Å². The van der Waals surface area contributed by atoms with Gasteiger partial charge >= 0.3 is 6.09 Å². The predicted molar refractivity (Wildman–Crippen MR) is 103 cm³/mol. The van der Waals surface area contributed by atoms with Crippen LogP contribution in [0.3, 0.4) is 0 Å². The molecule has 26 heavy (non-hydrogen) atoms. The van der Waals surface area contributed by atoms with Gasteiger partial charge in [-0.3, -0.25) is 4.79 Å². The highest BCUT2D eigenvalue weighted by atomic mass is 32.2. The fraction of sp³-hybridized carbons (Fsp3) is 0.556. The molecule has 0 saturated carbocycles. The van der Waals surface area contributed by atoms with Gasteiger partial charge in [0.1, 0.15) is 23.7 Å². The zero-order valence-electron chi connectivity index (χ0n) is 15.8. The first-order valence-corrected chi connectivity index (χ1v) is 9.54. The summed E-state index contributed by atoms with van der Waals surface area (Å²) in [6.45, 7) is 6.70. The summed E-state index contributed by atoms with van der Waals surface area (Å²) in [7, 11) is 1.61. The lowest BCUT2D eigenvalue weighted by Crippen LogP contribution is -2.34. The molecule has 0 bridgehead atoms. The first-order valence-electron chi connectivity index (χ1n) is 8.38. The number of carbonyl (C=O) groups is 2. The van der Waals surface area contributed by atoms with Crippen LogP contribution in [0.5, 0.6) is 11.5 Å². The lowest BCUT2D eigenvalue weighted by molar-refractivity contribution is -0.118. The van der Waals surface area contributed by atoms with Crippen LogP contribution in [0.1, 0.15) is 20.8 Å². The number of methoxy groups -OCH3 is 1. The van der Waals surface area contributed by atoms with E-state index in [1.807, 2.05) is 45.0 Å². The van der Waals surface area contributed by atoms with Crippen molar-refractivity contribution in [2.24, 2.45) is 0 Å². The molecule has 0 atom stereocenters. The van der Waals surface area contributed by atoms with Crippen LogP contribution in [-0.2, 0) is 9.53 Å². The van der Waals surface area contributed by atoms with Crippen molar-refractivity contribution < 1.29 is 23.8 Å². The molecule has 2 amide bonds. The molecule has 0 aliphatic carbocycles. The van der Waals surface area contributed by atoms with Crippen molar-refractivity contribution in [2.45, 2.75) is 26.4 Å². The smallest absolute Gasteiger partial charge is 0.407 e. The molecule has 0 spiro atoms. The van der Waals surface area contributed by atoms with E-state index in [-0.39, 0.29) is 5.91 Å². The van der Waals surface area contributed by atoms with Gasteiger partial charge in [0, 0.05) is 12.3 Å². The van der Waals surface area contributed by atoms with Crippen LogP contribution in [0, 0.1) is 0 Å². The summed E-state index contributed by atoms with van der Waals surface area (Å²) in [5, 5.41) is 5.43. The van der Waals surface area contributed by atoms with Crippen molar-refractivity contribution in [3.05, 3.63) is 24.3 Å². The van der Waals surface area contributed by atoms with Gasteiger partial charge in [-0.25, -0.2) is 4.79 Å². The van der Waals surface area contributed by atoms with Gasteiger partial charge < -0.3 is 24.8 Å². The number of nitrogens with one attached hydrogen (secondary N) is 2. The minimum atomic E-state index is -0.509. The third-order valence-corrected chi connectivity index (χ3v) is 3.86. The molecule has 7 nitrogen and oxygen atoms in total. The minimum absolute atomic E-state index is 0.0643. The highest BCUT2D eigenvalue weighted by Gasteiger charge is 2.15. The largest absolute Gasteiger partial charge is 0.497 e. The number of alkyl carbamates (subject to hydrolysis) is 1. The molecule has 8 heteroatoms. The fourth-order valence-electron chi connectivity index (χ4n) is 1.79. The Morgan fingerprint density at radius 3 is 2.31 bits per heavy atom. The summed E-state index contributed by atoms with van der Waals surface area (Å²) >= 11 is 1.44. The summed E-state index contributed by atoms with van der Waals surface area (Å²) in [5.41, 5.74) is -0.509. The molecule has 0 aliphatic heterocycles. The van der Waals surface area contributed by atoms with Crippen molar-refractivity contribution in [1.29, 1.82) is 0 Å². The van der Waals surface area contributed by atoms with Crippen molar-refractivity contribution in [1.82, 2.24) is 10.6 Å². The van der Waals surface area contributed by atoms with E-state index in [9.17, 15) is 9.59 Å². The highest BCUT2D eigenvalue weighted by Crippen LogP contribution is 2.16. The van der Waals surface area contributed by atoms with Gasteiger partial charge in [-0.1, -0.05) is 0 Å². The maximum atomic E-state index is 11.7. The van der Waals surface area contributed by atoms with Crippen LogP contribution in [-0.4, -0.2) is 55.9 Å². The second kappa shape index (κ2) is 11.5. The minimum Gasteiger partial charge on any atom is -0.497 e. The molecule has 0 heterocycles. The Morgan fingerprint density at radius 1 is 1.04 bits per heavy atom. The van der Waals surface area contributed by atoms with Crippen molar-refractivity contribution >= 4 is 23.8 Å². The average molecular weight is 384 g/mol. The number of hydrogen-bond donors (Lipinski definition) is 2. The molecule has 2 N–H and O–H groups in total. The second-order valence-corrected chi connectivity index (χ2v) is 7.46. The van der Waals surface area contributed by atoms with E-state index in [0.717, 1.165) is 11.5 Å². The summed E-state index contributed by atoms with van der Waals surface area (Å²) in [6, 6.07) is 7.26. The average Bonchev–Trinajstić information content (AvgIpc) is 2.57. The zero-order valence-corrected chi connectivity index (χ0v) is 16.6. The van der Waals surface area contributed by atoms with E-state index in [1.165, 1.54) is 11.8 Å². The molecule has 1 aromatic carbocycles. The van der Waals surface area contributed by atoms with Gasteiger partial charge in [0.05, 0.1) is 19.4 Å². The third-order valence-electron chi connectivity index (χ3n) is 2.90. The summed E-state index contributed by atoms with van der Waals surface area (Å²) < 4.78 is 15.7. The number of ether oxygens (including phenoxy) is 3. The van der Waals surface area contributed by atoms with Gasteiger partial charge in [-0.05, 0) is 45.0 Å². The predicted octanol–water partition coefficient (Wildman–Crippen LogP) is 2.45. The highest BCUT2D eigenvalue weighted by molar-refractivity contribution is 7.99.